The number of carbonyl (C=O) groups is 1. The van der Waals surface area contributed by atoms with Gasteiger partial charge in [0, 0.05) is 29.1 Å². The Bertz CT molecular complexity index is 723. The van der Waals surface area contributed by atoms with Crippen molar-refractivity contribution in [3.05, 3.63) is 39.9 Å². The van der Waals surface area contributed by atoms with Crippen molar-refractivity contribution in [3.8, 4) is 0 Å². The number of hydrogen-bond acceptors (Lipinski definition) is 3. The van der Waals surface area contributed by atoms with Crippen LogP contribution in [-0.2, 0) is 23.9 Å². The Morgan fingerprint density at radius 2 is 1.96 bits per heavy atom. The first-order valence-electron chi connectivity index (χ1n) is 7.68. The van der Waals surface area contributed by atoms with Gasteiger partial charge in [-0.3, -0.25) is 14.6 Å². The monoisotopic (exact) mass is 426 g/mol. The predicted octanol–water partition coefficient (Wildman–Crippen LogP) is 4.17. The van der Waals surface area contributed by atoms with Crippen molar-refractivity contribution in [3.63, 3.8) is 0 Å². The summed E-state index contributed by atoms with van der Waals surface area (Å²) in [5.74, 6) is 0.102. The van der Waals surface area contributed by atoms with Crippen LogP contribution in [0.5, 0.6) is 0 Å². The van der Waals surface area contributed by atoms with Crippen LogP contribution in [0.1, 0.15) is 31.2 Å². The molecule has 0 heterocycles. The highest BCUT2D eigenvalue weighted by Crippen LogP contribution is 2.22. The van der Waals surface area contributed by atoms with Crippen LogP contribution in [-0.4, -0.2) is 43.5 Å². The zero-order chi connectivity index (χ0) is 18.9. The Kier molecular flexibility index (Phi) is 9.92. The summed E-state index contributed by atoms with van der Waals surface area (Å²) in [7, 11) is -1.68. The van der Waals surface area contributed by atoms with E-state index in [0.717, 1.165) is 29.6 Å². The molecule has 5 nitrogen and oxygen atoms in total. The van der Waals surface area contributed by atoms with E-state index in [9.17, 15) is 14.2 Å². The highest BCUT2D eigenvalue weighted by atomic mass is 35.5. The van der Waals surface area contributed by atoms with Gasteiger partial charge in [-0.25, -0.2) is 5.06 Å². The van der Waals surface area contributed by atoms with Crippen LogP contribution in [0.4, 0.5) is 0 Å². The van der Waals surface area contributed by atoms with Gasteiger partial charge in [0.15, 0.2) is 5.75 Å². The van der Waals surface area contributed by atoms with E-state index in [0.29, 0.717) is 32.8 Å². The number of amides is 1. The number of benzene rings is 1. The van der Waals surface area contributed by atoms with Crippen molar-refractivity contribution in [1.29, 1.82) is 0 Å². The molecule has 1 aromatic carbocycles. The maximum atomic E-state index is 11.8. The minimum absolute atomic E-state index is 0.231. The molecule has 9 heteroatoms. The second-order valence-corrected chi connectivity index (χ2v) is 10.9. The van der Waals surface area contributed by atoms with Crippen LogP contribution in [0.25, 0.3) is 6.08 Å². The minimum atomic E-state index is -2.73. The van der Waals surface area contributed by atoms with Gasteiger partial charge in [0.1, 0.15) is 0 Å². The summed E-state index contributed by atoms with van der Waals surface area (Å²) in [4.78, 5) is 11.8. The van der Waals surface area contributed by atoms with Crippen LogP contribution in [0.15, 0.2) is 24.3 Å². The molecule has 2 N–H and O–H groups in total. The first-order valence-corrected chi connectivity index (χ1v) is 11.9. The second kappa shape index (κ2) is 11.1. The Balaban J connectivity index is 2.30. The third-order valence-electron chi connectivity index (χ3n) is 3.19. The fraction of sp³-hybridized carbons (Fsp3) is 0.438. The molecule has 1 unspecified atom stereocenters. The van der Waals surface area contributed by atoms with Gasteiger partial charge in [-0.2, -0.15) is 4.21 Å². The van der Waals surface area contributed by atoms with Crippen LogP contribution in [0.2, 0.25) is 10.0 Å². The molecule has 0 spiro atoms. The molecule has 0 saturated carbocycles. The van der Waals surface area contributed by atoms with Crippen molar-refractivity contribution >= 4 is 54.3 Å². The molecule has 1 rings (SSSR count). The van der Waals surface area contributed by atoms with E-state index in [-0.39, 0.29) is 6.54 Å². The molecule has 0 saturated heterocycles. The SMILES string of the molecule is CS(=O)(O)=[S+]CCCCCCN(O)C(=O)/C=C/c1ccc(Cl)cc1Cl. The second-order valence-electron chi connectivity index (χ2n) is 5.43. The van der Waals surface area contributed by atoms with E-state index in [2.05, 4.69) is 0 Å². The lowest BCUT2D eigenvalue weighted by molar-refractivity contribution is -0.159. The summed E-state index contributed by atoms with van der Waals surface area (Å²) < 4.78 is 20.2. The highest BCUT2D eigenvalue weighted by molar-refractivity contribution is 8.36. The average Bonchev–Trinajstić information content (AvgIpc) is 2.51. The number of hydroxylamine groups is 2. The summed E-state index contributed by atoms with van der Waals surface area (Å²) >= 11 is 11.8. The molecule has 0 radical (unpaired) electrons. The number of carbonyl (C=O) groups excluding carboxylic acids is 1. The first-order chi connectivity index (χ1) is 11.7. The quantitative estimate of drug-likeness (QED) is 0.204. The van der Waals surface area contributed by atoms with Crippen molar-refractivity contribution in [2.75, 3.05) is 18.6 Å². The Morgan fingerprint density at radius 1 is 1.28 bits per heavy atom. The number of hydrogen-bond donors (Lipinski definition) is 2. The lowest BCUT2D eigenvalue weighted by atomic mass is 10.2. The largest absolute Gasteiger partial charge is 0.293 e. The third kappa shape index (κ3) is 10.1. The van der Waals surface area contributed by atoms with Gasteiger partial charge in [0.2, 0.25) is 0 Å². The zero-order valence-electron chi connectivity index (χ0n) is 13.9. The van der Waals surface area contributed by atoms with E-state index in [1.54, 1.807) is 18.2 Å². The molecule has 0 aliphatic rings. The van der Waals surface area contributed by atoms with Crippen molar-refractivity contribution < 1.29 is 18.8 Å². The molecule has 1 atom stereocenters. The fourth-order valence-electron chi connectivity index (χ4n) is 1.92. The van der Waals surface area contributed by atoms with E-state index in [4.69, 9.17) is 27.8 Å². The smallest absolute Gasteiger partial charge is 0.286 e. The van der Waals surface area contributed by atoms with E-state index >= 15 is 0 Å². The summed E-state index contributed by atoms with van der Waals surface area (Å²) in [6, 6.07) is 4.94. The minimum Gasteiger partial charge on any atom is -0.286 e. The molecule has 1 amide bonds. The van der Waals surface area contributed by atoms with Crippen molar-refractivity contribution in [2.45, 2.75) is 25.7 Å². The molecule has 0 aliphatic heterocycles. The topological polar surface area (TPSA) is 77.8 Å². The first kappa shape index (κ1) is 22.3. The van der Waals surface area contributed by atoms with Crippen LogP contribution in [0, 0.1) is 0 Å². The van der Waals surface area contributed by atoms with Gasteiger partial charge in [-0.1, -0.05) is 35.7 Å². The lowest BCUT2D eigenvalue weighted by Gasteiger charge is -2.12. The number of unbranched alkanes of at least 4 members (excludes halogenated alkanes) is 3. The van der Waals surface area contributed by atoms with Gasteiger partial charge in [-0.05, 0) is 36.6 Å². The number of nitrogens with zero attached hydrogens (tertiary/aromatic N) is 1. The molecule has 140 valence electrons. The molecular weight excluding hydrogens is 405 g/mol. The van der Waals surface area contributed by atoms with Gasteiger partial charge < -0.3 is 0 Å². The van der Waals surface area contributed by atoms with E-state index < -0.39 is 14.7 Å². The van der Waals surface area contributed by atoms with Gasteiger partial charge in [0.05, 0.1) is 6.26 Å². The van der Waals surface area contributed by atoms with Crippen LogP contribution < -0.4 is 0 Å². The molecule has 0 bridgehead atoms. The maximum Gasteiger partial charge on any atom is 0.293 e. The van der Waals surface area contributed by atoms with Gasteiger partial charge in [-0.15, -0.1) is 0 Å². The van der Waals surface area contributed by atoms with Gasteiger partial charge >= 0.3 is 0 Å². The lowest BCUT2D eigenvalue weighted by Crippen LogP contribution is -2.26. The van der Waals surface area contributed by atoms with E-state index in [1.807, 2.05) is 0 Å². The van der Waals surface area contributed by atoms with Gasteiger partial charge in [0.25, 0.3) is 25.0 Å². The molecule has 25 heavy (non-hydrogen) atoms. The third-order valence-corrected chi connectivity index (χ3v) is 6.46. The molecular formula is C16H22Cl2NO4S2+. The fourth-order valence-corrected chi connectivity index (χ4v) is 4.31. The van der Waals surface area contributed by atoms with Crippen molar-refractivity contribution in [1.82, 2.24) is 5.06 Å². The Hall–Kier alpha value is -0.700. The Labute approximate surface area is 162 Å². The van der Waals surface area contributed by atoms with Crippen LogP contribution >= 0.6 is 23.2 Å². The standard InChI is InChI=1S/C16H21Cl2NO4S2/c1-25(22,23)24-11-5-3-2-4-10-19(21)16(20)9-7-13-6-8-14(17)12-15(13)18/h6-9,12,21H,2-5,10-11H2,1H3/p+1/b9-7+. The van der Waals surface area contributed by atoms with Crippen molar-refractivity contribution in [2.24, 2.45) is 0 Å². The van der Waals surface area contributed by atoms with E-state index in [1.165, 1.54) is 18.4 Å². The summed E-state index contributed by atoms with van der Waals surface area (Å²) in [6.07, 6.45) is 7.27. The summed E-state index contributed by atoms with van der Waals surface area (Å²) in [5, 5.41) is 11.3. The highest BCUT2D eigenvalue weighted by Gasteiger charge is 2.08. The number of halogens is 2. The molecule has 0 aromatic heterocycles. The normalized spacial score (nSPS) is 13.6. The number of rotatable bonds is 9. The zero-order valence-corrected chi connectivity index (χ0v) is 17.0. The summed E-state index contributed by atoms with van der Waals surface area (Å²) in [5.41, 5.74) is 0.640. The summed E-state index contributed by atoms with van der Waals surface area (Å²) in [6.45, 7) is 0.231. The molecule has 1 aromatic rings. The maximum absolute atomic E-state index is 11.8. The predicted molar refractivity (Wildman–Crippen MR) is 106 cm³/mol. The van der Waals surface area contributed by atoms with Crippen LogP contribution in [0.3, 0.4) is 0 Å². The molecule has 0 fully saturated rings. The average molecular weight is 427 g/mol. The molecule has 0 aliphatic carbocycles. The Morgan fingerprint density at radius 3 is 2.60 bits per heavy atom.